The normalized spacial score (nSPS) is 16.9. The highest BCUT2D eigenvalue weighted by Crippen LogP contribution is 2.10. The second-order valence-corrected chi connectivity index (χ2v) is 5.46. The van der Waals surface area contributed by atoms with Crippen molar-refractivity contribution in [3.63, 3.8) is 0 Å². The van der Waals surface area contributed by atoms with E-state index in [2.05, 4.69) is 14.9 Å². The Bertz CT molecular complexity index is 589. The predicted octanol–water partition coefficient (Wildman–Crippen LogP) is 1.10. The van der Waals surface area contributed by atoms with Crippen molar-refractivity contribution in [2.45, 2.75) is 13.0 Å². The topological polar surface area (TPSA) is 57.2 Å². The van der Waals surface area contributed by atoms with Gasteiger partial charge in [0.25, 0.3) is 5.91 Å². The quantitative estimate of drug-likeness (QED) is 0.919. The van der Waals surface area contributed by atoms with Crippen molar-refractivity contribution < 1.29 is 4.79 Å². The van der Waals surface area contributed by atoms with Crippen LogP contribution in [0.3, 0.4) is 0 Å². The molecule has 2 aromatic heterocycles. The van der Waals surface area contributed by atoms with Gasteiger partial charge in [0.05, 0.1) is 6.54 Å². The summed E-state index contributed by atoms with van der Waals surface area (Å²) in [4.78, 5) is 24.0. The van der Waals surface area contributed by atoms with Crippen LogP contribution in [-0.4, -0.2) is 56.4 Å². The molecule has 1 fully saturated rings. The minimum atomic E-state index is 0.0961. The van der Waals surface area contributed by atoms with Gasteiger partial charge in [-0.05, 0) is 18.6 Å². The van der Waals surface area contributed by atoms with Crippen LogP contribution in [0.25, 0.3) is 0 Å². The van der Waals surface area contributed by atoms with Gasteiger partial charge in [0.1, 0.15) is 11.5 Å². The maximum absolute atomic E-state index is 12.4. The van der Waals surface area contributed by atoms with Gasteiger partial charge in [-0.2, -0.15) is 0 Å². The first kappa shape index (κ1) is 13.9. The van der Waals surface area contributed by atoms with E-state index < -0.39 is 0 Å². The molecule has 6 heteroatoms. The minimum Gasteiger partial charge on any atom is -0.357 e. The fourth-order valence-electron chi connectivity index (χ4n) is 2.71. The van der Waals surface area contributed by atoms with Gasteiger partial charge < -0.3 is 14.5 Å². The summed E-state index contributed by atoms with van der Waals surface area (Å²) < 4.78 is 2.05. The first-order valence-electron chi connectivity index (χ1n) is 7.35. The molecule has 0 bridgehead atoms. The number of aromatic nitrogens is 3. The zero-order chi connectivity index (χ0) is 14.7. The number of nitrogens with zero attached hydrogens (tertiary/aromatic N) is 4. The number of imidazole rings is 1. The van der Waals surface area contributed by atoms with Gasteiger partial charge in [-0.3, -0.25) is 9.69 Å². The molecule has 1 saturated heterocycles. The van der Waals surface area contributed by atoms with Crippen LogP contribution in [-0.2, 0) is 13.6 Å². The lowest BCUT2D eigenvalue weighted by Crippen LogP contribution is -2.35. The molecule has 0 spiro atoms. The number of amides is 1. The molecule has 6 nitrogen and oxygen atoms in total. The molecule has 1 aliphatic rings. The van der Waals surface area contributed by atoms with E-state index in [0.717, 1.165) is 45.0 Å². The van der Waals surface area contributed by atoms with E-state index in [-0.39, 0.29) is 5.91 Å². The van der Waals surface area contributed by atoms with Crippen LogP contribution in [0.5, 0.6) is 0 Å². The van der Waals surface area contributed by atoms with Gasteiger partial charge in [0, 0.05) is 51.8 Å². The van der Waals surface area contributed by atoms with Crippen molar-refractivity contribution in [3.8, 4) is 0 Å². The summed E-state index contributed by atoms with van der Waals surface area (Å²) in [7, 11) is 2.02. The summed E-state index contributed by atoms with van der Waals surface area (Å²) in [5.41, 5.74) is 0.674. The third-order valence-corrected chi connectivity index (χ3v) is 3.99. The minimum absolute atomic E-state index is 0.0961. The molecular weight excluding hydrogens is 266 g/mol. The van der Waals surface area contributed by atoms with E-state index in [1.54, 1.807) is 6.20 Å². The molecule has 3 rings (SSSR count). The van der Waals surface area contributed by atoms with Gasteiger partial charge in [0.15, 0.2) is 0 Å². The number of carbonyl (C=O) groups is 1. The highest BCUT2D eigenvalue weighted by molar-refractivity contribution is 5.92. The zero-order valence-electron chi connectivity index (χ0n) is 12.3. The third-order valence-electron chi connectivity index (χ3n) is 3.99. The molecule has 2 aromatic rings. The summed E-state index contributed by atoms with van der Waals surface area (Å²) in [5.74, 6) is 1.16. The van der Waals surface area contributed by atoms with E-state index in [0.29, 0.717) is 5.69 Å². The Hall–Kier alpha value is -2.08. The number of aryl methyl sites for hydroxylation is 1. The largest absolute Gasteiger partial charge is 0.357 e. The zero-order valence-corrected chi connectivity index (χ0v) is 12.3. The van der Waals surface area contributed by atoms with Crippen molar-refractivity contribution in [1.82, 2.24) is 24.3 Å². The van der Waals surface area contributed by atoms with Crippen LogP contribution in [0.15, 0.2) is 30.7 Å². The molecule has 0 atom stereocenters. The number of hydrogen-bond donors (Lipinski definition) is 1. The van der Waals surface area contributed by atoms with E-state index >= 15 is 0 Å². The summed E-state index contributed by atoms with van der Waals surface area (Å²) in [6.45, 7) is 4.31. The Morgan fingerprint density at radius 3 is 2.95 bits per heavy atom. The lowest BCUT2D eigenvalue weighted by molar-refractivity contribution is 0.0756. The lowest BCUT2D eigenvalue weighted by Gasteiger charge is -2.21. The number of H-pyrrole nitrogens is 1. The van der Waals surface area contributed by atoms with E-state index in [9.17, 15) is 4.79 Å². The second-order valence-electron chi connectivity index (χ2n) is 5.46. The van der Waals surface area contributed by atoms with Crippen LogP contribution in [0.4, 0.5) is 0 Å². The van der Waals surface area contributed by atoms with Gasteiger partial charge in [-0.25, -0.2) is 4.98 Å². The Balaban J connectivity index is 1.59. The highest BCUT2D eigenvalue weighted by Gasteiger charge is 2.21. The standard InChI is InChI=1S/C15H21N5O/c1-18-9-6-17-14(18)12-19-7-3-8-20(11-10-19)15(21)13-4-2-5-16-13/h2,4-6,9,16H,3,7-8,10-12H2,1H3. The van der Waals surface area contributed by atoms with Crippen molar-refractivity contribution in [2.75, 3.05) is 26.2 Å². The maximum atomic E-state index is 12.4. The summed E-state index contributed by atoms with van der Waals surface area (Å²) in [6, 6.07) is 3.69. The second kappa shape index (κ2) is 6.13. The molecule has 0 aromatic carbocycles. The number of nitrogens with one attached hydrogen (secondary N) is 1. The highest BCUT2D eigenvalue weighted by atomic mass is 16.2. The van der Waals surface area contributed by atoms with Crippen molar-refractivity contribution in [3.05, 3.63) is 42.2 Å². The third kappa shape index (κ3) is 3.16. The van der Waals surface area contributed by atoms with Crippen LogP contribution >= 0.6 is 0 Å². The van der Waals surface area contributed by atoms with Gasteiger partial charge in [0.2, 0.25) is 0 Å². The summed E-state index contributed by atoms with van der Waals surface area (Å²) >= 11 is 0. The summed E-state index contributed by atoms with van der Waals surface area (Å²) in [5, 5.41) is 0. The van der Waals surface area contributed by atoms with Crippen LogP contribution in [0, 0.1) is 0 Å². The number of hydrogen-bond acceptors (Lipinski definition) is 3. The monoisotopic (exact) mass is 287 g/mol. The molecule has 0 saturated carbocycles. The molecule has 1 amide bonds. The van der Waals surface area contributed by atoms with Crippen LogP contribution in [0.1, 0.15) is 22.7 Å². The Kier molecular flexibility index (Phi) is 4.06. The molecule has 0 radical (unpaired) electrons. The number of carbonyl (C=O) groups excluding carboxylic acids is 1. The van der Waals surface area contributed by atoms with E-state index in [4.69, 9.17) is 0 Å². The fraction of sp³-hybridized carbons (Fsp3) is 0.467. The van der Waals surface area contributed by atoms with Gasteiger partial charge in [-0.1, -0.05) is 0 Å². The SMILES string of the molecule is Cn1ccnc1CN1CCCN(C(=O)c2ccc[nH]2)CC1. The first-order chi connectivity index (χ1) is 10.2. The Morgan fingerprint density at radius 1 is 1.33 bits per heavy atom. The molecule has 0 aliphatic carbocycles. The average Bonchev–Trinajstić information content (AvgIpc) is 3.08. The smallest absolute Gasteiger partial charge is 0.270 e. The predicted molar refractivity (Wildman–Crippen MR) is 79.8 cm³/mol. The fourth-order valence-corrected chi connectivity index (χ4v) is 2.71. The van der Waals surface area contributed by atoms with Gasteiger partial charge in [-0.15, -0.1) is 0 Å². The molecule has 1 aliphatic heterocycles. The Morgan fingerprint density at radius 2 is 2.24 bits per heavy atom. The molecular formula is C15H21N5O. The van der Waals surface area contributed by atoms with Crippen molar-refractivity contribution in [2.24, 2.45) is 7.05 Å². The lowest BCUT2D eigenvalue weighted by atomic mass is 10.3. The Labute approximate surface area is 124 Å². The number of rotatable bonds is 3. The van der Waals surface area contributed by atoms with Crippen LogP contribution < -0.4 is 0 Å². The first-order valence-corrected chi connectivity index (χ1v) is 7.35. The molecule has 21 heavy (non-hydrogen) atoms. The molecule has 112 valence electrons. The van der Waals surface area contributed by atoms with E-state index in [1.165, 1.54) is 0 Å². The van der Waals surface area contributed by atoms with Crippen molar-refractivity contribution in [1.29, 1.82) is 0 Å². The summed E-state index contributed by atoms with van der Waals surface area (Å²) in [6.07, 6.45) is 6.58. The van der Waals surface area contributed by atoms with E-state index in [1.807, 2.05) is 41.0 Å². The van der Waals surface area contributed by atoms with Crippen LogP contribution in [0.2, 0.25) is 0 Å². The molecule has 0 unspecified atom stereocenters. The molecule has 1 N–H and O–H groups in total. The average molecular weight is 287 g/mol. The van der Waals surface area contributed by atoms with Crippen molar-refractivity contribution >= 4 is 5.91 Å². The van der Waals surface area contributed by atoms with Gasteiger partial charge >= 0.3 is 0 Å². The maximum Gasteiger partial charge on any atom is 0.270 e. The number of aromatic amines is 1. The molecule has 3 heterocycles.